The number of rotatable bonds is 6. The summed E-state index contributed by atoms with van der Waals surface area (Å²) in [6.45, 7) is 10.4. The number of hydrogen-bond acceptors (Lipinski definition) is 6. The second kappa shape index (κ2) is 11.6. The predicted molar refractivity (Wildman–Crippen MR) is 146 cm³/mol. The zero-order valence-electron chi connectivity index (χ0n) is 21.8. The Morgan fingerprint density at radius 1 is 1.28 bits per heavy atom. The lowest BCUT2D eigenvalue weighted by Crippen LogP contribution is -2.18. The van der Waals surface area contributed by atoms with Crippen molar-refractivity contribution in [3.63, 3.8) is 0 Å². The zero-order valence-corrected chi connectivity index (χ0v) is 21.8. The molecule has 188 valence electrons. The Morgan fingerprint density at radius 3 is 2.58 bits per heavy atom. The quantitative estimate of drug-likeness (QED) is 0.363. The van der Waals surface area contributed by atoms with Gasteiger partial charge in [0, 0.05) is 36.3 Å². The highest BCUT2D eigenvalue weighted by atomic mass is 16.5. The van der Waals surface area contributed by atoms with Crippen LogP contribution >= 0.6 is 0 Å². The van der Waals surface area contributed by atoms with Gasteiger partial charge in [0.2, 0.25) is 0 Å². The summed E-state index contributed by atoms with van der Waals surface area (Å²) in [6.07, 6.45) is 6.74. The Balaban J connectivity index is 0.00000176. The molecule has 0 radical (unpaired) electrons. The molecule has 1 fully saturated rings. The van der Waals surface area contributed by atoms with Crippen molar-refractivity contribution in [2.24, 2.45) is 4.99 Å². The van der Waals surface area contributed by atoms with E-state index < -0.39 is 0 Å². The first-order chi connectivity index (χ1) is 17.4. The van der Waals surface area contributed by atoms with Crippen LogP contribution in [0.1, 0.15) is 69.1 Å². The van der Waals surface area contributed by atoms with Gasteiger partial charge in [-0.25, -0.2) is 9.97 Å². The van der Waals surface area contributed by atoms with Crippen molar-refractivity contribution < 1.29 is 9.53 Å². The van der Waals surface area contributed by atoms with Gasteiger partial charge < -0.3 is 20.4 Å². The van der Waals surface area contributed by atoms with Crippen LogP contribution in [0.3, 0.4) is 0 Å². The molecule has 36 heavy (non-hydrogen) atoms. The number of nitrogens with one attached hydrogen (secondary N) is 1. The molecule has 0 unspecified atom stereocenters. The number of aromatic nitrogens is 3. The lowest BCUT2D eigenvalue weighted by atomic mass is 10.1. The highest BCUT2D eigenvalue weighted by Gasteiger charge is 2.43. The van der Waals surface area contributed by atoms with Crippen LogP contribution in [-0.4, -0.2) is 33.8 Å². The summed E-state index contributed by atoms with van der Waals surface area (Å²) in [5, 5.41) is 3.50. The zero-order chi connectivity index (χ0) is 26.3. The number of carbonyl (C=O) groups is 1. The molecule has 0 spiro atoms. The Hall–Kier alpha value is -3.96. The number of ether oxygens (including phenoxy) is 1. The van der Waals surface area contributed by atoms with Crippen molar-refractivity contribution in [1.29, 1.82) is 0 Å². The summed E-state index contributed by atoms with van der Waals surface area (Å²) in [6, 6.07) is 7.51. The Labute approximate surface area is 212 Å². The lowest BCUT2D eigenvalue weighted by Gasteiger charge is -2.14. The predicted octanol–water partition coefficient (Wildman–Crippen LogP) is 5.29. The first kappa shape index (κ1) is 26.6. The van der Waals surface area contributed by atoms with E-state index in [1.54, 1.807) is 19.5 Å². The minimum absolute atomic E-state index is 0.178. The number of hydrogen-bond donors (Lipinski definition) is 2. The molecule has 8 heteroatoms. The minimum Gasteiger partial charge on any atom is -0.383 e. The van der Waals surface area contributed by atoms with E-state index in [1.165, 1.54) is 6.33 Å². The van der Waals surface area contributed by atoms with Crippen LogP contribution in [0.25, 0.3) is 11.0 Å². The van der Waals surface area contributed by atoms with Crippen molar-refractivity contribution in [2.45, 2.75) is 59.6 Å². The van der Waals surface area contributed by atoms with E-state index in [4.69, 9.17) is 10.5 Å². The van der Waals surface area contributed by atoms with Gasteiger partial charge in [-0.1, -0.05) is 31.9 Å². The second-order valence-electron chi connectivity index (χ2n) is 8.57. The number of amides is 1. The first-order valence-electron chi connectivity index (χ1n) is 12.1. The maximum Gasteiger partial charge on any atom is 0.259 e. The van der Waals surface area contributed by atoms with Crippen LogP contribution in [0.4, 0.5) is 11.5 Å². The lowest BCUT2D eigenvalue weighted by molar-refractivity contribution is 0.102. The number of benzene rings is 1. The second-order valence-corrected chi connectivity index (χ2v) is 8.57. The largest absolute Gasteiger partial charge is 0.383 e. The van der Waals surface area contributed by atoms with Crippen LogP contribution in [0, 0.1) is 11.8 Å². The van der Waals surface area contributed by atoms with E-state index in [0.29, 0.717) is 34.6 Å². The van der Waals surface area contributed by atoms with Crippen LogP contribution in [0.2, 0.25) is 0 Å². The summed E-state index contributed by atoms with van der Waals surface area (Å²) < 4.78 is 7.20. The summed E-state index contributed by atoms with van der Waals surface area (Å²) >= 11 is 0. The third-order valence-corrected chi connectivity index (χ3v) is 5.84. The molecule has 3 aromatic rings. The molecular weight excluding hydrogens is 452 g/mol. The number of anilines is 2. The van der Waals surface area contributed by atoms with Crippen molar-refractivity contribution in [3.05, 3.63) is 59.2 Å². The van der Waals surface area contributed by atoms with Gasteiger partial charge in [0.1, 0.15) is 23.5 Å². The summed E-state index contributed by atoms with van der Waals surface area (Å²) in [5.74, 6) is 6.28. The number of carbonyl (C=O) groups excluding carboxylic acids is 1. The third-order valence-electron chi connectivity index (χ3n) is 5.84. The van der Waals surface area contributed by atoms with Crippen LogP contribution < -0.4 is 11.1 Å². The van der Waals surface area contributed by atoms with E-state index in [1.807, 2.05) is 56.5 Å². The molecule has 0 saturated heterocycles. The van der Waals surface area contributed by atoms with Crippen molar-refractivity contribution in [3.8, 4) is 11.8 Å². The smallest absolute Gasteiger partial charge is 0.259 e. The van der Waals surface area contributed by atoms with Gasteiger partial charge in [0.15, 0.2) is 0 Å². The number of aliphatic imine (C=N–C) groups is 1. The van der Waals surface area contributed by atoms with Crippen molar-refractivity contribution in [1.82, 2.24) is 14.5 Å². The fourth-order valence-electron chi connectivity index (χ4n) is 3.83. The minimum atomic E-state index is -0.313. The van der Waals surface area contributed by atoms with E-state index in [0.717, 1.165) is 24.0 Å². The van der Waals surface area contributed by atoms with Gasteiger partial charge in [-0.2, -0.15) is 0 Å². The summed E-state index contributed by atoms with van der Waals surface area (Å²) in [4.78, 5) is 26.4. The SMILES string of the molecule is CC.CC=N/C=C(\C)C#Cc1c(C(=O)Nc2ccc(COC)cc2)c2c(N)ncnc2n1C1(C)CC1. The van der Waals surface area contributed by atoms with Gasteiger partial charge >= 0.3 is 0 Å². The average Bonchev–Trinajstić information content (AvgIpc) is 3.52. The van der Waals surface area contributed by atoms with Crippen molar-refractivity contribution in [2.75, 3.05) is 18.2 Å². The number of nitrogens with zero attached hydrogens (tertiary/aromatic N) is 4. The van der Waals surface area contributed by atoms with Gasteiger partial charge in [-0.3, -0.25) is 9.79 Å². The van der Waals surface area contributed by atoms with E-state index in [-0.39, 0.29) is 17.3 Å². The van der Waals surface area contributed by atoms with Gasteiger partial charge in [-0.15, -0.1) is 0 Å². The molecule has 1 amide bonds. The topological polar surface area (TPSA) is 107 Å². The maximum absolute atomic E-state index is 13.6. The van der Waals surface area contributed by atoms with E-state index >= 15 is 0 Å². The molecule has 1 aromatic carbocycles. The highest BCUT2D eigenvalue weighted by Crippen LogP contribution is 2.47. The first-order valence-corrected chi connectivity index (χ1v) is 12.1. The molecule has 0 bridgehead atoms. The fourth-order valence-corrected chi connectivity index (χ4v) is 3.83. The van der Waals surface area contributed by atoms with Crippen LogP contribution in [0.5, 0.6) is 0 Å². The standard InChI is InChI=1S/C26H28N6O2.C2H6/c1-5-28-14-17(2)6-11-20-21(25(33)31-19-9-7-18(8-10-19)15-34-4)22-23(27)29-16-30-24(22)32(20)26(3)12-13-26;1-2/h5,7-10,14,16H,12-13,15H2,1-4H3,(H,31,33)(H2,27,29,30);1-2H3/b17-14+,28-5?;. The molecule has 3 N–H and O–H groups in total. The van der Waals surface area contributed by atoms with Gasteiger partial charge in [-0.05, 0) is 57.2 Å². The number of methoxy groups -OCH3 is 1. The van der Waals surface area contributed by atoms with Gasteiger partial charge in [0.25, 0.3) is 5.91 Å². The molecule has 0 aliphatic heterocycles. The number of nitrogens with two attached hydrogens (primary N) is 1. The third kappa shape index (κ3) is 5.64. The monoisotopic (exact) mass is 486 g/mol. The number of nitrogen functional groups attached to an aromatic ring is 1. The number of fused-ring (bicyclic) bond motifs is 1. The van der Waals surface area contributed by atoms with Gasteiger partial charge in [0.05, 0.1) is 17.6 Å². The molecule has 2 heterocycles. The normalized spacial score (nSPS) is 14.1. The summed E-state index contributed by atoms with van der Waals surface area (Å²) in [7, 11) is 1.65. The average molecular weight is 487 g/mol. The Kier molecular flexibility index (Phi) is 8.62. The van der Waals surface area contributed by atoms with Crippen LogP contribution in [0.15, 0.2) is 47.4 Å². The van der Waals surface area contributed by atoms with Crippen LogP contribution in [-0.2, 0) is 16.9 Å². The highest BCUT2D eigenvalue weighted by molar-refractivity contribution is 6.16. The molecule has 1 aliphatic carbocycles. The molecule has 1 saturated carbocycles. The summed E-state index contributed by atoms with van der Waals surface area (Å²) in [5.41, 5.74) is 10.1. The maximum atomic E-state index is 13.6. The molecular formula is C28H34N6O2. The van der Waals surface area contributed by atoms with Crippen molar-refractivity contribution >= 4 is 34.7 Å². The Bertz CT molecular complexity index is 1350. The molecule has 1 aliphatic rings. The van der Waals surface area contributed by atoms with E-state index in [2.05, 4.69) is 39.0 Å². The number of allylic oxidation sites excluding steroid dienone is 1. The molecule has 4 rings (SSSR count). The molecule has 0 atom stereocenters. The molecule has 2 aromatic heterocycles. The Morgan fingerprint density at radius 2 is 1.97 bits per heavy atom. The molecule has 8 nitrogen and oxygen atoms in total. The van der Waals surface area contributed by atoms with E-state index in [9.17, 15) is 4.79 Å². The fraction of sp³-hybridized carbons (Fsp3) is 0.357.